The topological polar surface area (TPSA) is 50.9 Å². The van der Waals surface area contributed by atoms with Crippen LogP contribution >= 0.6 is 11.8 Å². The van der Waals surface area contributed by atoms with Gasteiger partial charge in [0.1, 0.15) is 0 Å². The zero-order valence-electron chi connectivity index (χ0n) is 11.2. The average Bonchev–Trinajstić information content (AvgIpc) is 2.35. The molecule has 4 nitrogen and oxygen atoms in total. The number of ether oxygens (including phenoxy) is 1. The van der Waals surface area contributed by atoms with E-state index in [1.807, 2.05) is 11.8 Å². The fourth-order valence-corrected chi connectivity index (χ4v) is 2.55. The number of thioether (sulfide) groups is 1. The van der Waals surface area contributed by atoms with Gasteiger partial charge in [0.25, 0.3) is 0 Å². The second kappa shape index (κ2) is 7.11. The van der Waals surface area contributed by atoms with Crippen molar-refractivity contribution in [3.05, 3.63) is 0 Å². The van der Waals surface area contributed by atoms with Crippen molar-refractivity contribution in [3.8, 4) is 0 Å². The second-order valence-electron chi connectivity index (χ2n) is 5.18. The van der Waals surface area contributed by atoms with Crippen molar-refractivity contribution in [2.45, 2.75) is 20.3 Å². The summed E-state index contributed by atoms with van der Waals surface area (Å²) in [4.78, 5) is 6.71. The molecule has 5 heteroatoms. The summed E-state index contributed by atoms with van der Waals surface area (Å²) in [6.45, 7) is 8.01. The summed E-state index contributed by atoms with van der Waals surface area (Å²) in [6, 6.07) is 0. The summed E-state index contributed by atoms with van der Waals surface area (Å²) in [5, 5.41) is 0. The van der Waals surface area contributed by atoms with Gasteiger partial charge >= 0.3 is 0 Å². The van der Waals surface area contributed by atoms with Gasteiger partial charge < -0.3 is 15.4 Å². The maximum Gasteiger partial charge on any atom is 0.191 e. The van der Waals surface area contributed by atoms with Gasteiger partial charge in [-0.2, -0.15) is 11.8 Å². The van der Waals surface area contributed by atoms with Crippen LogP contribution in [0.1, 0.15) is 20.3 Å². The summed E-state index contributed by atoms with van der Waals surface area (Å²) in [5.74, 6) is 3.02. The lowest BCUT2D eigenvalue weighted by Crippen LogP contribution is -2.43. The summed E-state index contributed by atoms with van der Waals surface area (Å²) in [5.41, 5.74) is 6.18. The first kappa shape index (κ1) is 14.6. The molecule has 1 fully saturated rings. The molecule has 1 aliphatic heterocycles. The third-order valence-corrected chi connectivity index (χ3v) is 3.93. The van der Waals surface area contributed by atoms with E-state index in [0.717, 1.165) is 44.2 Å². The minimum absolute atomic E-state index is 0.158. The summed E-state index contributed by atoms with van der Waals surface area (Å²) in [7, 11) is 1.74. The van der Waals surface area contributed by atoms with Crippen molar-refractivity contribution in [3.63, 3.8) is 0 Å². The third kappa shape index (κ3) is 5.64. The largest absolute Gasteiger partial charge is 0.385 e. The number of hydrogen-bond acceptors (Lipinski definition) is 3. The minimum Gasteiger partial charge on any atom is -0.385 e. The molecule has 0 atom stereocenters. The molecule has 0 radical (unpaired) electrons. The van der Waals surface area contributed by atoms with Crippen LogP contribution < -0.4 is 5.73 Å². The van der Waals surface area contributed by atoms with Crippen molar-refractivity contribution in [2.75, 3.05) is 44.9 Å². The minimum atomic E-state index is 0.158. The highest BCUT2D eigenvalue weighted by molar-refractivity contribution is 7.99. The van der Waals surface area contributed by atoms with Crippen molar-refractivity contribution in [1.29, 1.82) is 0 Å². The maximum atomic E-state index is 6.02. The monoisotopic (exact) mass is 259 g/mol. The molecule has 17 heavy (non-hydrogen) atoms. The van der Waals surface area contributed by atoms with Gasteiger partial charge in [0.15, 0.2) is 5.96 Å². The number of aliphatic imine (C=N–C) groups is 1. The molecular formula is C12H25N3OS. The fourth-order valence-electron chi connectivity index (χ4n) is 1.64. The maximum absolute atomic E-state index is 6.02. The molecule has 0 aromatic rings. The Morgan fingerprint density at radius 1 is 1.41 bits per heavy atom. The summed E-state index contributed by atoms with van der Waals surface area (Å²) >= 11 is 1.98. The van der Waals surface area contributed by atoms with E-state index in [0.29, 0.717) is 5.96 Å². The van der Waals surface area contributed by atoms with Crippen LogP contribution in [0.15, 0.2) is 4.99 Å². The van der Waals surface area contributed by atoms with Gasteiger partial charge in [0.05, 0.1) is 0 Å². The molecule has 0 aliphatic carbocycles. The molecule has 0 bridgehead atoms. The van der Waals surface area contributed by atoms with Crippen LogP contribution in [0.25, 0.3) is 0 Å². The van der Waals surface area contributed by atoms with E-state index in [4.69, 9.17) is 10.5 Å². The molecule has 1 aliphatic rings. The highest BCUT2D eigenvalue weighted by Crippen LogP contribution is 2.20. The number of hydrogen-bond donors (Lipinski definition) is 1. The Hall–Kier alpha value is -0.420. The van der Waals surface area contributed by atoms with E-state index in [1.165, 1.54) is 0 Å². The van der Waals surface area contributed by atoms with Crippen LogP contribution in [-0.2, 0) is 4.74 Å². The first-order valence-corrected chi connectivity index (χ1v) is 7.32. The Kier molecular flexibility index (Phi) is 6.12. The van der Waals surface area contributed by atoms with E-state index in [2.05, 4.69) is 23.7 Å². The predicted octanol–water partition coefficient (Wildman–Crippen LogP) is 1.41. The molecule has 2 N–H and O–H groups in total. The highest BCUT2D eigenvalue weighted by Gasteiger charge is 2.18. The molecule has 0 spiro atoms. The van der Waals surface area contributed by atoms with Gasteiger partial charge in [-0.15, -0.1) is 0 Å². The van der Waals surface area contributed by atoms with Gasteiger partial charge in [-0.1, -0.05) is 13.8 Å². The number of nitrogens with two attached hydrogens (primary N) is 1. The molecule has 100 valence electrons. The van der Waals surface area contributed by atoms with Crippen molar-refractivity contribution < 1.29 is 4.74 Å². The van der Waals surface area contributed by atoms with Gasteiger partial charge in [0, 0.05) is 44.9 Å². The van der Waals surface area contributed by atoms with E-state index in [-0.39, 0.29) is 5.41 Å². The average molecular weight is 259 g/mol. The fraction of sp³-hybridized carbons (Fsp3) is 0.917. The lowest BCUT2D eigenvalue weighted by atomic mass is 9.90. The lowest BCUT2D eigenvalue weighted by molar-refractivity contribution is 0.155. The zero-order valence-corrected chi connectivity index (χ0v) is 12.1. The molecule has 1 saturated heterocycles. The Bertz CT molecular complexity index is 250. The van der Waals surface area contributed by atoms with Gasteiger partial charge in [0.2, 0.25) is 0 Å². The lowest BCUT2D eigenvalue weighted by Gasteiger charge is -2.28. The molecular weight excluding hydrogens is 234 g/mol. The van der Waals surface area contributed by atoms with Crippen molar-refractivity contribution in [1.82, 2.24) is 4.90 Å². The molecule has 0 unspecified atom stereocenters. The van der Waals surface area contributed by atoms with Crippen LogP contribution in [0, 0.1) is 5.41 Å². The molecule has 1 heterocycles. The molecule has 0 amide bonds. The molecule has 0 saturated carbocycles. The first-order chi connectivity index (χ1) is 8.05. The predicted molar refractivity (Wildman–Crippen MR) is 75.7 cm³/mol. The standard InChI is InChI=1S/C12H25N3OS/c1-12(2,4-7-16-3)10-14-11(13)15-5-8-17-9-6-15/h4-10H2,1-3H3,(H2,13,14). The van der Waals surface area contributed by atoms with E-state index >= 15 is 0 Å². The summed E-state index contributed by atoms with van der Waals surface area (Å²) in [6.07, 6.45) is 1.01. The van der Waals surface area contributed by atoms with Crippen molar-refractivity contribution in [2.24, 2.45) is 16.1 Å². The van der Waals surface area contributed by atoms with Crippen LogP contribution in [0.2, 0.25) is 0 Å². The van der Waals surface area contributed by atoms with Crippen LogP contribution in [0.3, 0.4) is 0 Å². The highest BCUT2D eigenvalue weighted by atomic mass is 32.2. The number of nitrogens with zero attached hydrogens (tertiary/aromatic N) is 2. The van der Waals surface area contributed by atoms with Crippen LogP contribution in [0.5, 0.6) is 0 Å². The number of guanidine groups is 1. The van der Waals surface area contributed by atoms with Crippen molar-refractivity contribution >= 4 is 17.7 Å². The van der Waals surface area contributed by atoms with E-state index < -0.39 is 0 Å². The van der Waals surface area contributed by atoms with E-state index in [1.54, 1.807) is 7.11 Å². The molecule has 0 aromatic heterocycles. The Morgan fingerprint density at radius 3 is 2.65 bits per heavy atom. The summed E-state index contributed by atoms with van der Waals surface area (Å²) < 4.78 is 5.11. The molecule has 0 aromatic carbocycles. The van der Waals surface area contributed by atoms with Crippen LogP contribution in [-0.4, -0.2) is 55.7 Å². The third-order valence-electron chi connectivity index (χ3n) is 2.99. The number of methoxy groups -OCH3 is 1. The molecule has 1 rings (SSSR count). The Morgan fingerprint density at radius 2 is 2.06 bits per heavy atom. The normalized spacial score (nSPS) is 18.5. The van der Waals surface area contributed by atoms with Gasteiger partial charge in [-0.25, -0.2) is 0 Å². The smallest absolute Gasteiger partial charge is 0.191 e. The quantitative estimate of drug-likeness (QED) is 0.599. The zero-order chi connectivity index (χ0) is 12.7. The van der Waals surface area contributed by atoms with Crippen LogP contribution in [0.4, 0.5) is 0 Å². The van der Waals surface area contributed by atoms with Gasteiger partial charge in [-0.05, 0) is 11.8 Å². The van der Waals surface area contributed by atoms with E-state index in [9.17, 15) is 0 Å². The Labute approximate surface area is 109 Å². The Balaban J connectivity index is 2.39. The number of rotatable bonds is 5. The SMILES string of the molecule is COCCC(C)(C)CN=C(N)N1CCSCC1. The second-order valence-corrected chi connectivity index (χ2v) is 6.41. The first-order valence-electron chi connectivity index (χ1n) is 6.17. The van der Waals surface area contributed by atoms with Gasteiger partial charge in [-0.3, -0.25) is 4.99 Å².